The van der Waals surface area contributed by atoms with E-state index in [-0.39, 0.29) is 60.8 Å². The highest BCUT2D eigenvalue weighted by molar-refractivity contribution is 6.41. The minimum absolute atomic E-state index is 0. The van der Waals surface area contributed by atoms with Gasteiger partial charge in [-0.05, 0) is 58.3 Å². The van der Waals surface area contributed by atoms with E-state index in [2.05, 4.69) is 57.6 Å². The van der Waals surface area contributed by atoms with E-state index < -0.39 is 128 Å². The molecule has 12 rings (SSSR count). The Morgan fingerprint density at radius 2 is 0.816 bits per heavy atom. The van der Waals surface area contributed by atoms with Crippen molar-refractivity contribution in [2.45, 2.75) is 25.9 Å². The van der Waals surface area contributed by atoms with Crippen LogP contribution in [0.15, 0.2) is 204 Å². The average Bonchev–Trinajstić information content (AvgIpc) is 0.811. The fourth-order valence-corrected chi connectivity index (χ4v) is 11.5. The third kappa shape index (κ3) is 17.1. The Morgan fingerprint density at radius 1 is 0.439 bits per heavy atom. The monoisotopic (exact) mass is 1360 g/mol. The lowest BCUT2D eigenvalue weighted by Gasteiger charge is -2.36. The van der Waals surface area contributed by atoms with E-state index in [1.54, 1.807) is 6.07 Å². The second-order valence-electron chi connectivity index (χ2n) is 22.8. The molecule has 98 heavy (non-hydrogen) atoms. The molecule has 0 unspecified atom stereocenters. The second kappa shape index (κ2) is 32.0. The number of hydrogen-bond donors (Lipinski definition) is 4. The number of carbonyl (C=O) groups is 4. The molecular formula is C74H61ClF8N6O9. The van der Waals surface area contributed by atoms with Gasteiger partial charge in [0, 0.05) is 132 Å². The molecule has 5 N–H and O–H groups in total. The predicted molar refractivity (Wildman–Crippen MR) is 350 cm³/mol. The zero-order valence-electron chi connectivity index (χ0n) is 52.0. The van der Waals surface area contributed by atoms with Crippen LogP contribution in [0.4, 0.5) is 46.5 Å². The molecule has 0 aliphatic carbocycles. The quantitative estimate of drug-likeness (QED) is 0.0318. The lowest BCUT2D eigenvalue weighted by molar-refractivity contribution is -0.655. The third-order valence-corrected chi connectivity index (χ3v) is 16.4. The number of amides is 1. The van der Waals surface area contributed by atoms with Gasteiger partial charge in [-0.3, -0.25) is 24.0 Å². The molecule has 10 aromatic rings. The van der Waals surface area contributed by atoms with E-state index >= 15 is 0 Å². The summed E-state index contributed by atoms with van der Waals surface area (Å²) in [6, 6.07) is 44.4. The first-order chi connectivity index (χ1) is 46.6. The molecule has 4 heterocycles. The summed E-state index contributed by atoms with van der Waals surface area (Å²) in [5.74, 6) is -15.4. The van der Waals surface area contributed by atoms with Crippen molar-refractivity contribution < 1.29 is 87.3 Å². The van der Waals surface area contributed by atoms with Crippen molar-refractivity contribution in [1.29, 1.82) is 0 Å². The largest absolute Gasteiger partial charge is 1.00 e. The number of halogens is 9. The van der Waals surface area contributed by atoms with E-state index in [1.807, 2.05) is 42.5 Å². The van der Waals surface area contributed by atoms with Gasteiger partial charge < -0.3 is 56.9 Å². The number of aliphatic hydroxyl groups excluding tert-OH is 2. The lowest BCUT2D eigenvalue weighted by atomic mass is 10.0. The van der Waals surface area contributed by atoms with Gasteiger partial charge in [0.05, 0.1) is 50.4 Å². The van der Waals surface area contributed by atoms with Crippen molar-refractivity contribution in [1.82, 2.24) is 14.0 Å². The van der Waals surface area contributed by atoms with E-state index in [1.165, 1.54) is 77.0 Å². The molecule has 0 atom stereocenters. The maximum Gasteiger partial charge on any atom is 0.376 e. The number of fused-ring (bicyclic) bond motifs is 2. The third-order valence-electron chi connectivity index (χ3n) is 16.4. The molecule has 2 saturated heterocycles. The van der Waals surface area contributed by atoms with Gasteiger partial charge in [-0.1, -0.05) is 109 Å². The van der Waals surface area contributed by atoms with Crippen LogP contribution in [0.5, 0.6) is 0 Å². The van der Waals surface area contributed by atoms with Crippen molar-refractivity contribution in [3.05, 3.63) is 306 Å². The van der Waals surface area contributed by atoms with Gasteiger partial charge in [-0.2, -0.15) is 0 Å². The van der Waals surface area contributed by atoms with Gasteiger partial charge in [-0.15, -0.1) is 0 Å². The summed E-state index contributed by atoms with van der Waals surface area (Å²) in [6.45, 7) is 5.48. The van der Waals surface area contributed by atoms with E-state index in [0.717, 1.165) is 63.1 Å². The minimum atomic E-state index is -1.89. The van der Waals surface area contributed by atoms with E-state index in [0.29, 0.717) is 49.5 Å². The number of rotatable bonds is 16. The first kappa shape index (κ1) is 71.1. The molecule has 0 saturated carbocycles. The highest BCUT2D eigenvalue weighted by atomic mass is 35.5. The Morgan fingerprint density at radius 3 is 1.23 bits per heavy atom. The number of aromatic nitrogens is 2. The van der Waals surface area contributed by atoms with Gasteiger partial charge in [0.2, 0.25) is 5.78 Å². The number of hydrogen-bond acceptors (Lipinski definition) is 10. The number of carbonyl (C=O) groups excluding carboxylic acids is 3. The Kier molecular flexibility index (Phi) is 23.3. The molecule has 24 heteroatoms. The van der Waals surface area contributed by atoms with E-state index in [4.69, 9.17) is 5.11 Å². The molecule has 2 fully saturated rings. The summed E-state index contributed by atoms with van der Waals surface area (Å²) in [5, 5.41) is 37.1. The van der Waals surface area contributed by atoms with Gasteiger partial charge in [0.15, 0.2) is 0 Å². The normalized spacial score (nSPS) is 13.2. The summed E-state index contributed by atoms with van der Waals surface area (Å²) >= 11 is 0. The SMILES string of the molecule is O=C(/C=C(\O)c1cc(Cc2c(F)cc(F)cc2F)cn(Cc2ccccc2F)c1=O)C(=O)N1CCN(c2cccc3ccccc23)CC1.O=C(O)C(=O)/C=C(\O)c1cc(Cc2c(F)cc(F)cc2F)cn(Cc2ccccc2F)c1=O.[Cl-].c1ccc2c(N3CC[NH2+]CC3)cccc2c1. The average molecular weight is 1370 g/mol. The summed E-state index contributed by atoms with van der Waals surface area (Å²) in [5.41, 5.74) is -1.10. The van der Waals surface area contributed by atoms with Crippen molar-refractivity contribution in [2.75, 3.05) is 62.2 Å². The number of ketones is 2. The number of quaternary nitrogens is 1. The van der Waals surface area contributed by atoms with Crippen molar-refractivity contribution in [2.24, 2.45) is 0 Å². The zero-order valence-corrected chi connectivity index (χ0v) is 52.7. The van der Waals surface area contributed by atoms with Crippen molar-refractivity contribution in [3.8, 4) is 0 Å². The van der Waals surface area contributed by atoms with Crippen molar-refractivity contribution in [3.63, 3.8) is 0 Å². The lowest BCUT2D eigenvalue weighted by Crippen LogP contribution is -3.00. The highest BCUT2D eigenvalue weighted by Crippen LogP contribution is 2.30. The van der Waals surface area contributed by atoms with Crippen LogP contribution in [-0.4, -0.2) is 105 Å². The Balaban J connectivity index is 0.000000193. The molecule has 2 aromatic heterocycles. The number of nitrogens with zero attached hydrogens (tertiary/aromatic N) is 5. The number of nitrogens with two attached hydrogens (primary N) is 1. The molecule has 0 radical (unpaired) electrons. The molecular weight excluding hydrogens is 1300 g/mol. The van der Waals surface area contributed by atoms with Gasteiger partial charge in [0.1, 0.15) is 58.1 Å². The summed E-state index contributed by atoms with van der Waals surface area (Å²) in [7, 11) is 0. The van der Waals surface area contributed by atoms with Crippen LogP contribution < -0.4 is 38.6 Å². The second-order valence-corrected chi connectivity index (χ2v) is 22.8. The highest BCUT2D eigenvalue weighted by Gasteiger charge is 2.28. The van der Waals surface area contributed by atoms with Crippen LogP contribution in [0.1, 0.15) is 44.5 Å². The molecule has 8 aromatic carbocycles. The first-order valence-electron chi connectivity index (χ1n) is 30.5. The molecule has 15 nitrogen and oxygen atoms in total. The minimum Gasteiger partial charge on any atom is -1.00 e. The van der Waals surface area contributed by atoms with Gasteiger partial charge >= 0.3 is 5.97 Å². The van der Waals surface area contributed by atoms with Crippen LogP contribution in [0.2, 0.25) is 0 Å². The number of aliphatic carboxylic acids is 1. The number of aliphatic hydroxyl groups is 2. The topological polar surface area (TPSA) is 199 Å². The summed E-state index contributed by atoms with van der Waals surface area (Å²) < 4.78 is 115. The van der Waals surface area contributed by atoms with Crippen LogP contribution in [0.25, 0.3) is 33.1 Å². The number of pyridine rings is 2. The molecule has 1 amide bonds. The number of anilines is 2. The fourth-order valence-electron chi connectivity index (χ4n) is 11.5. The van der Waals surface area contributed by atoms with Crippen LogP contribution >= 0.6 is 0 Å². The maximum atomic E-state index is 14.5. The molecule has 0 spiro atoms. The standard InChI is InChI=1S/C37H29F4N3O4.C23H15F4NO5.C14H16N2.ClH/c38-26-18-31(40)28(32(41)19-26)16-23-17-29(36(47)44(21-23)22-25-7-2-4-10-30(25)39)34(45)20-35(46)37(48)43-14-12-42(13-15-43)33-11-5-8-24-6-1-3-9-27(24)33;24-14-7-18(26)15(19(27)8-14)5-12-6-16(20(29)9-21(30)23(32)33)22(31)28(10-12)11-13-3-1-2-4-17(13)25;1-2-6-13-12(4-1)5-3-7-14(13)16-10-8-15-9-11-16;/h1-11,17-21,45H,12-16,22H2;1-4,6-10,29H,5,11H2,(H,32,33);1-7,15H,8-11H2;1H/b34-20-;20-9-;;. The number of carboxylic acids is 1. The van der Waals surface area contributed by atoms with E-state index in [9.17, 15) is 74.1 Å². The van der Waals surface area contributed by atoms with Gasteiger partial charge in [-0.25, -0.2) is 39.9 Å². The number of carboxylic acid groups (broad SMARTS) is 1. The summed E-state index contributed by atoms with van der Waals surface area (Å²) in [6.07, 6.45) is 2.36. The number of piperazine rings is 2. The number of benzene rings is 8. The fraction of sp³-hybridized carbons (Fsp3) is 0.162. The van der Waals surface area contributed by atoms with Crippen LogP contribution in [-0.2, 0) is 45.1 Å². The maximum absolute atomic E-state index is 14.5. The molecule has 2 aliphatic rings. The van der Waals surface area contributed by atoms with Crippen molar-refractivity contribution >= 4 is 67.9 Å². The van der Waals surface area contributed by atoms with Crippen LogP contribution in [0, 0.1) is 46.5 Å². The Labute approximate surface area is 561 Å². The smallest absolute Gasteiger partial charge is 0.376 e. The zero-order chi connectivity index (χ0) is 69.0. The van der Waals surface area contributed by atoms with Gasteiger partial charge in [0.25, 0.3) is 22.8 Å². The molecule has 504 valence electrons. The molecule has 2 aliphatic heterocycles. The van der Waals surface area contributed by atoms with Crippen LogP contribution in [0.3, 0.4) is 0 Å². The Bertz CT molecular complexity index is 4800. The molecule has 0 bridgehead atoms. The predicted octanol–water partition coefficient (Wildman–Crippen LogP) is 7.84. The first-order valence-corrected chi connectivity index (χ1v) is 30.5. The summed E-state index contributed by atoms with van der Waals surface area (Å²) in [4.78, 5) is 80.7. The Hall–Kier alpha value is -11.2.